The second-order valence-electron chi connectivity index (χ2n) is 6.73. The Morgan fingerprint density at radius 3 is 2.67 bits per heavy atom. The van der Waals surface area contributed by atoms with E-state index in [1.807, 2.05) is 0 Å². The van der Waals surface area contributed by atoms with Gasteiger partial charge in [-0.25, -0.2) is 0 Å². The molecule has 1 aromatic rings. The molecule has 0 heterocycles. The first-order chi connectivity index (χ1) is 10.1. The van der Waals surface area contributed by atoms with Gasteiger partial charge in [-0.3, -0.25) is 4.79 Å². The molecule has 2 N–H and O–H groups in total. The van der Waals surface area contributed by atoms with E-state index in [1.54, 1.807) is 0 Å². The molecule has 0 amide bonds. The van der Waals surface area contributed by atoms with Crippen molar-refractivity contribution in [3.63, 3.8) is 0 Å². The predicted molar refractivity (Wildman–Crippen MR) is 83.3 cm³/mol. The molecule has 1 aromatic carbocycles. The number of hydrogen-bond acceptors (Lipinski definition) is 2. The SMILES string of the molecule is CC1CCC(NC2CCCC(C(=O)O)C2)c2ccccc21. The maximum Gasteiger partial charge on any atom is 0.306 e. The fourth-order valence-corrected chi connectivity index (χ4v) is 4.03. The molecule has 114 valence electrons. The standard InChI is InChI=1S/C18H25NO2/c1-12-9-10-17(16-8-3-2-7-15(12)16)19-14-6-4-5-13(11-14)18(20)21/h2-3,7-8,12-14,17,19H,4-6,9-11H2,1H3,(H,20,21). The molecule has 4 atom stereocenters. The van der Waals surface area contributed by atoms with Crippen molar-refractivity contribution in [2.75, 3.05) is 0 Å². The molecule has 1 fully saturated rings. The molecule has 0 spiro atoms. The quantitative estimate of drug-likeness (QED) is 0.887. The minimum atomic E-state index is -0.626. The van der Waals surface area contributed by atoms with Crippen molar-refractivity contribution in [1.29, 1.82) is 0 Å². The number of carbonyl (C=O) groups is 1. The van der Waals surface area contributed by atoms with E-state index in [2.05, 4.69) is 36.5 Å². The van der Waals surface area contributed by atoms with Crippen LogP contribution in [0.1, 0.15) is 68.5 Å². The minimum absolute atomic E-state index is 0.158. The topological polar surface area (TPSA) is 49.3 Å². The zero-order valence-electron chi connectivity index (χ0n) is 12.7. The summed E-state index contributed by atoms with van der Waals surface area (Å²) in [5.41, 5.74) is 2.89. The van der Waals surface area contributed by atoms with E-state index in [-0.39, 0.29) is 5.92 Å². The van der Waals surface area contributed by atoms with Gasteiger partial charge in [-0.15, -0.1) is 0 Å². The van der Waals surface area contributed by atoms with Gasteiger partial charge in [0.25, 0.3) is 0 Å². The molecule has 3 nitrogen and oxygen atoms in total. The number of fused-ring (bicyclic) bond motifs is 1. The lowest BCUT2D eigenvalue weighted by molar-refractivity contribution is -0.143. The zero-order valence-corrected chi connectivity index (χ0v) is 12.7. The van der Waals surface area contributed by atoms with Crippen LogP contribution in [0.4, 0.5) is 0 Å². The molecule has 0 aromatic heterocycles. The minimum Gasteiger partial charge on any atom is -0.481 e. The van der Waals surface area contributed by atoms with Gasteiger partial charge in [0, 0.05) is 12.1 Å². The van der Waals surface area contributed by atoms with E-state index in [9.17, 15) is 9.90 Å². The lowest BCUT2D eigenvalue weighted by Crippen LogP contribution is -2.39. The molecular formula is C18H25NO2. The highest BCUT2D eigenvalue weighted by molar-refractivity contribution is 5.70. The molecule has 0 saturated heterocycles. The van der Waals surface area contributed by atoms with Crippen LogP contribution in [0.2, 0.25) is 0 Å². The summed E-state index contributed by atoms with van der Waals surface area (Å²) in [4.78, 5) is 11.2. The van der Waals surface area contributed by atoms with Crippen molar-refractivity contribution in [3.8, 4) is 0 Å². The molecule has 3 rings (SSSR count). The molecule has 0 bridgehead atoms. The number of benzene rings is 1. The number of nitrogens with one attached hydrogen (secondary N) is 1. The summed E-state index contributed by atoms with van der Waals surface area (Å²) < 4.78 is 0. The van der Waals surface area contributed by atoms with Crippen molar-refractivity contribution in [2.24, 2.45) is 5.92 Å². The highest BCUT2D eigenvalue weighted by atomic mass is 16.4. The Morgan fingerprint density at radius 1 is 1.14 bits per heavy atom. The fraction of sp³-hybridized carbons (Fsp3) is 0.611. The maximum atomic E-state index is 11.2. The van der Waals surface area contributed by atoms with E-state index < -0.39 is 5.97 Å². The zero-order chi connectivity index (χ0) is 14.8. The van der Waals surface area contributed by atoms with Gasteiger partial charge in [0.05, 0.1) is 5.92 Å². The molecule has 0 aliphatic heterocycles. The third-order valence-electron chi connectivity index (χ3n) is 5.25. The average molecular weight is 287 g/mol. The number of carboxylic acid groups (broad SMARTS) is 1. The van der Waals surface area contributed by atoms with Crippen molar-refractivity contribution >= 4 is 5.97 Å². The van der Waals surface area contributed by atoms with E-state index >= 15 is 0 Å². The van der Waals surface area contributed by atoms with Crippen LogP contribution < -0.4 is 5.32 Å². The highest BCUT2D eigenvalue weighted by Gasteiger charge is 2.30. The van der Waals surface area contributed by atoms with E-state index in [0.29, 0.717) is 18.0 Å². The number of rotatable bonds is 3. The molecule has 4 unspecified atom stereocenters. The van der Waals surface area contributed by atoms with Gasteiger partial charge in [-0.2, -0.15) is 0 Å². The summed E-state index contributed by atoms with van der Waals surface area (Å²) in [7, 11) is 0. The normalized spacial score (nSPS) is 32.4. The Morgan fingerprint density at radius 2 is 1.90 bits per heavy atom. The van der Waals surface area contributed by atoms with E-state index in [1.165, 1.54) is 17.5 Å². The van der Waals surface area contributed by atoms with Crippen LogP contribution in [-0.2, 0) is 4.79 Å². The molecule has 2 aliphatic carbocycles. The Balaban J connectivity index is 1.71. The van der Waals surface area contributed by atoms with Gasteiger partial charge >= 0.3 is 5.97 Å². The summed E-state index contributed by atoms with van der Waals surface area (Å²) in [6.07, 6.45) is 6.13. The number of hydrogen-bond donors (Lipinski definition) is 2. The molecule has 3 heteroatoms. The summed E-state index contributed by atoms with van der Waals surface area (Å²) >= 11 is 0. The predicted octanol–water partition coefficient (Wildman–Crippen LogP) is 3.86. The number of carboxylic acids is 1. The third-order valence-corrected chi connectivity index (χ3v) is 5.25. The Hall–Kier alpha value is -1.35. The first-order valence-corrected chi connectivity index (χ1v) is 8.23. The monoisotopic (exact) mass is 287 g/mol. The lowest BCUT2D eigenvalue weighted by atomic mass is 9.79. The first-order valence-electron chi connectivity index (χ1n) is 8.23. The highest BCUT2D eigenvalue weighted by Crippen LogP contribution is 2.38. The molecule has 2 aliphatic rings. The summed E-state index contributed by atoms with van der Waals surface area (Å²) in [6, 6.07) is 9.47. The van der Waals surface area contributed by atoms with Crippen molar-refractivity contribution in [1.82, 2.24) is 5.32 Å². The van der Waals surface area contributed by atoms with Gasteiger partial charge < -0.3 is 10.4 Å². The smallest absolute Gasteiger partial charge is 0.306 e. The lowest BCUT2D eigenvalue weighted by Gasteiger charge is -2.35. The van der Waals surface area contributed by atoms with Gasteiger partial charge in [0.2, 0.25) is 0 Å². The first kappa shape index (κ1) is 14.6. The van der Waals surface area contributed by atoms with Crippen LogP contribution in [0.3, 0.4) is 0 Å². The van der Waals surface area contributed by atoms with Crippen LogP contribution in [0, 0.1) is 5.92 Å². The van der Waals surface area contributed by atoms with Crippen LogP contribution in [-0.4, -0.2) is 17.1 Å². The molecule has 0 radical (unpaired) electrons. The van der Waals surface area contributed by atoms with Crippen molar-refractivity contribution < 1.29 is 9.90 Å². The summed E-state index contributed by atoms with van der Waals surface area (Å²) in [5.74, 6) is -0.148. The molecular weight excluding hydrogens is 262 g/mol. The second kappa shape index (κ2) is 6.18. The molecule has 21 heavy (non-hydrogen) atoms. The van der Waals surface area contributed by atoms with Crippen LogP contribution in [0.25, 0.3) is 0 Å². The number of aliphatic carboxylic acids is 1. The van der Waals surface area contributed by atoms with Crippen molar-refractivity contribution in [3.05, 3.63) is 35.4 Å². The molecule has 1 saturated carbocycles. The largest absolute Gasteiger partial charge is 0.481 e. The summed E-state index contributed by atoms with van der Waals surface area (Å²) in [6.45, 7) is 2.30. The van der Waals surface area contributed by atoms with E-state index in [0.717, 1.165) is 32.1 Å². The van der Waals surface area contributed by atoms with E-state index in [4.69, 9.17) is 0 Å². The van der Waals surface area contributed by atoms with Crippen molar-refractivity contribution in [2.45, 2.75) is 63.5 Å². The Kier molecular flexibility index (Phi) is 4.29. The van der Waals surface area contributed by atoms with Crippen LogP contribution in [0.15, 0.2) is 24.3 Å². The summed E-state index contributed by atoms with van der Waals surface area (Å²) in [5, 5.41) is 13.0. The van der Waals surface area contributed by atoms with Gasteiger partial charge in [-0.05, 0) is 49.1 Å². The fourth-order valence-electron chi connectivity index (χ4n) is 4.03. The van der Waals surface area contributed by atoms with Gasteiger partial charge in [-0.1, -0.05) is 37.6 Å². The average Bonchev–Trinajstić information content (AvgIpc) is 2.51. The van der Waals surface area contributed by atoms with Crippen LogP contribution >= 0.6 is 0 Å². The Bertz CT molecular complexity index is 514. The van der Waals surface area contributed by atoms with Crippen LogP contribution in [0.5, 0.6) is 0 Å². The van der Waals surface area contributed by atoms with Gasteiger partial charge in [0.15, 0.2) is 0 Å². The maximum absolute atomic E-state index is 11.2. The van der Waals surface area contributed by atoms with Gasteiger partial charge in [0.1, 0.15) is 0 Å². The second-order valence-corrected chi connectivity index (χ2v) is 6.73. The Labute approximate surface area is 126 Å². The third kappa shape index (κ3) is 3.13.